The maximum atomic E-state index is 10.6. The van der Waals surface area contributed by atoms with E-state index in [0.717, 1.165) is 12.8 Å². The number of hydrogen-bond acceptors (Lipinski definition) is 3. The van der Waals surface area contributed by atoms with Crippen LogP contribution in [0.1, 0.15) is 17.9 Å². The van der Waals surface area contributed by atoms with E-state index in [0.29, 0.717) is 12.3 Å². The molecule has 15 heavy (non-hydrogen) atoms. The van der Waals surface area contributed by atoms with E-state index in [-0.39, 0.29) is 0 Å². The van der Waals surface area contributed by atoms with Gasteiger partial charge in [0.25, 0.3) is 0 Å². The van der Waals surface area contributed by atoms with Crippen molar-refractivity contribution in [2.45, 2.75) is 19.3 Å². The molecule has 0 aliphatic rings. The molecule has 1 heterocycles. The zero-order valence-corrected chi connectivity index (χ0v) is 8.27. The van der Waals surface area contributed by atoms with Gasteiger partial charge in [0.05, 0.1) is 0 Å². The number of H-pyrrole nitrogens is 1. The van der Waals surface area contributed by atoms with Crippen molar-refractivity contribution in [1.29, 1.82) is 0 Å². The molecule has 1 aromatic heterocycles. The molecule has 2 aromatic rings. The molecule has 0 saturated carbocycles. The van der Waals surface area contributed by atoms with E-state index >= 15 is 0 Å². The Balaban J connectivity index is 1.83. The molecule has 0 amide bonds. The summed E-state index contributed by atoms with van der Waals surface area (Å²) in [6.07, 6.45) is 2.59. The number of nitrogens with one attached hydrogen (secondary N) is 1. The molecule has 2 rings (SSSR count). The monoisotopic (exact) mass is 204 g/mol. The normalized spacial score (nSPS) is 10.4. The molecule has 0 bridgehead atoms. The van der Waals surface area contributed by atoms with E-state index in [2.05, 4.69) is 22.3 Å². The van der Waals surface area contributed by atoms with Gasteiger partial charge in [-0.15, -0.1) is 5.10 Å². The second kappa shape index (κ2) is 4.59. The zero-order chi connectivity index (χ0) is 10.5. The van der Waals surface area contributed by atoms with Crippen molar-refractivity contribution in [3.05, 3.63) is 52.3 Å². The van der Waals surface area contributed by atoms with Crippen LogP contribution < -0.4 is 5.76 Å². The molecule has 4 heteroatoms. The first-order chi connectivity index (χ1) is 7.34. The Morgan fingerprint density at radius 1 is 1.20 bits per heavy atom. The summed E-state index contributed by atoms with van der Waals surface area (Å²) >= 11 is 0. The van der Waals surface area contributed by atoms with Crippen LogP contribution in [0.3, 0.4) is 0 Å². The third kappa shape index (κ3) is 2.80. The van der Waals surface area contributed by atoms with E-state index in [1.807, 2.05) is 18.2 Å². The predicted octanol–water partition coefficient (Wildman–Crippen LogP) is 1.54. The Bertz CT molecular complexity index is 459. The summed E-state index contributed by atoms with van der Waals surface area (Å²) in [4.78, 5) is 10.6. The van der Waals surface area contributed by atoms with Gasteiger partial charge in [-0.3, -0.25) is 0 Å². The summed E-state index contributed by atoms with van der Waals surface area (Å²) < 4.78 is 4.80. The van der Waals surface area contributed by atoms with Crippen LogP contribution >= 0.6 is 0 Å². The summed E-state index contributed by atoms with van der Waals surface area (Å²) in [7, 11) is 0. The van der Waals surface area contributed by atoms with Crippen molar-refractivity contribution in [1.82, 2.24) is 10.2 Å². The molecule has 1 aromatic carbocycles. The Hall–Kier alpha value is -1.84. The second-order valence-corrected chi connectivity index (χ2v) is 3.35. The molecule has 78 valence electrons. The number of hydrogen-bond donors (Lipinski definition) is 1. The number of benzene rings is 1. The van der Waals surface area contributed by atoms with Crippen LogP contribution in [0.2, 0.25) is 0 Å². The van der Waals surface area contributed by atoms with Crippen LogP contribution in [0, 0.1) is 0 Å². The maximum absolute atomic E-state index is 10.6. The first kappa shape index (κ1) is 9.71. The van der Waals surface area contributed by atoms with Crippen LogP contribution in [0.15, 0.2) is 39.5 Å². The van der Waals surface area contributed by atoms with Gasteiger partial charge in [0.1, 0.15) is 0 Å². The van der Waals surface area contributed by atoms with E-state index < -0.39 is 5.76 Å². The lowest BCUT2D eigenvalue weighted by molar-refractivity contribution is 0.456. The predicted molar refractivity (Wildman–Crippen MR) is 55.6 cm³/mol. The molecule has 0 aliphatic heterocycles. The molecular weight excluding hydrogens is 192 g/mol. The standard InChI is InChI=1S/C11H12N2O2/c14-11-13-12-10(15-11)8-4-7-9-5-2-1-3-6-9/h1-3,5-6H,4,7-8H2,(H,13,14). The van der Waals surface area contributed by atoms with Gasteiger partial charge in [0.15, 0.2) is 0 Å². The molecule has 0 aliphatic carbocycles. The van der Waals surface area contributed by atoms with Crippen LogP contribution in [-0.4, -0.2) is 10.2 Å². The van der Waals surface area contributed by atoms with Crippen LogP contribution in [-0.2, 0) is 12.8 Å². The van der Waals surface area contributed by atoms with E-state index in [9.17, 15) is 4.79 Å². The fourth-order valence-corrected chi connectivity index (χ4v) is 1.46. The third-order valence-corrected chi connectivity index (χ3v) is 2.18. The molecule has 1 N–H and O–H groups in total. The largest absolute Gasteiger partial charge is 0.434 e. The van der Waals surface area contributed by atoms with Gasteiger partial charge in [-0.1, -0.05) is 30.3 Å². The van der Waals surface area contributed by atoms with Gasteiger partial charge >= 0.3 is 5.76 Å². The number of aromatic nitrogens is 2. The van der Waals surface area contributed by atoms with Crippen LogP contribution in [0.5, 0.6) is 0 Å². The summed E-state index contributed by atoms with van der Waals surface area (Å²) in [6, 6.07) is 10.2. The molecular formula is C11H12N2O2. The lowest BCUT2D eigenvalue weighted by Gasteiger charge is -1.97. The Labute approximate surface area is 86.9 Å². The zero-order valence-electron chi connectivity index (χ0n) is 8.27. The van der Waals surface area contributed by atoms with Crippen LogP contribution in [0.25, 0.3) is 0 Å². The Morgan fingerprint density at radius 3 is 2.67 bits per heavy atom. The summed E-state index contributed by atoms with van der Waals surface area (Å²) in [5, 5.41) is 5.99. The molecule has 0 unspecified atom stereocenters. The minimum absolute atomic E-state index is 0.482. The van der Waals surface area contributed by atoms with E-state index in [4.69, 9.17) is 4.42 Å². The molecule has 0 fully saturated rings. The summed E-state index contributed by atoms with van der Waals surface area (Å²) in [5.74, 6) is 0.000595. The highest BCUT2D eigenvalue weighted by molar-refractivity contribution is 5.14. The summed E-state index contributed by atoms with van der Waals surface area (Å²) in [6.45, 7) is 0. The van der Waals surface area contributed by atoms with Gasteiger partial charge in [0.2, 0.25) is 5.89 Å². The Kier molecular flexibility index (Phi) is 2.97. The molecule has 4 nitrogen and oxygen atoms in total. The highest BCUT2D eigenvalue weighted by Crippen LogP contribution is 2.04. The number of aryl methyl sites for hydroxylation is 2. The SMILES string of the molecule is O=c1[nH]nc(CCCc2ccccc2)o1. The first-order valence-corrected chi connectivity index (χ1v) is 4.93. The van der Waals surface area contributed by atoms with Crippen molar-refractivity contribution >= 4 is 0 Å². The number of nitrogens with zero attached hydrogens (tertiary/aromatic N) is 1. The lowest BCUT2D eigenvalue weighted by atomic mass is 10.1. The number of aromatic amines is 1. The smallest absolute Gasteiger partial charge is 0.393 e. The van der Waals surface area contributed by atoms with E-state index in [1.54, 1.807) is 0 Å². The fraction of sp³-hybridized carbons (Fsp3) is 0.273. The van der Waals surface area contributed by atoms with Gasteiger partial charge in [0, 0.05) is 6.42 Å². The average Bonchev–Trinajstić information content (AvgIpc) is 2.66. The molecule has 0 atom stereocenters. The van der Waals surface area contributed by atoms with Crippen molar-refractivity contribution in [3.8, 4) is 0 Å². The summed E-state index contributed by atoms with van der Waals surface area (Å²) in [5.41, 5.74) is 1.29. The van der Waals surface area contributed by atoms with Gasteiger partial charge in [-0.2, -0.15) is 0 Å². The fourth-order valence-electron chi connectivity index (χ4n) is 1.46. The quantitative estimate of drug-likeness (QED) is 0.821. The highest BCUT2D eigenvalue weighted by Gasteiger charge is 2.00. The van der Waals surface area contributed by atoms with Crippen molar-refractivity contribution in [2.75, 3.05) is 0 Å². The van der Waals surface area contributed by atoms with Crippen molar-refractivity contribution in [2.24, 2.45) is 0 Å². The van der Waals surface area contributed by atoms with Crippen LogP contribution in [0.4, 0.5) is 0 Å². The first-order valence-electron chi connectivity index (χ1n) is 4.93. The van der Waals surface area contributed by atoms with Crippen molar-refractivity contribution in [3.63, 3.8) is 0 Å². The average molecular weight is 204 g/mol. The van der Waals surface area contributed by atoms with Gasteiger partial charge < -0.3 is 4.42 Å². The highest BCUT2D eigenvalue weighted by atomic mass is 16.4. The minimum atomic E-state index is -0.482. The van der Waals surface area contributed by atoms with Gasteiger partial charge in [-0.05, 0) is 18.4 Å². The van der Waals surface area contributed by atoms with E-state index in [1.165, 1.54) is 5.56 Å². The maximum Gasteiger partial charge on any atom is 0.434 e. The molecule has 0 saturated heterocycles. The third-order valence-electron chi connectivity index (χ3n) is 2.18. The molecule has 0 radical (unpaired) electrons. The minimum Gasteiger partial charge on any atom is -0.393 e. The molecule has 0 spiro atoms. The Morgan fingerprint density at radius 2 is 2.00 bits per heavy atom. The van der Waals surface area contributed by atoms with Gasteiger partial charge in [-0.25, -0.2) is 9.89 Å². The van der Waals surface area contributed by atoms with Crippen molar-refractivity contribution < 1.29 is 4.42 Å². The number of rotatable bonds is 4. The second-order valence-electron chi connectivity index (χ2n) is 3.35. The lowest BCUT2D eigenvalue weighted by Crippen LogP contribution is -1.94. The topological polar surface area (TPSA) is 58.9 Å².